The van der Waals surface area contributed by atoms with Crippen molar-refractivity contribution in [3.8, 4) is 44.6 Å². The molecule has 8 aromatic rings. The van der Waals surface area contributed by atoms with Crippen LogP contribution >= 0.6 is 0 Å². The molecule has 0 unspecified atom stereocenters. The molecule has 1 aromatic heterocycles. The molecule has 7 aromatic carbocycles. The number of aromatic nitrogens is 1. The smallest absolute Gasteiger partial charge is 0.0788 e. The van der Waals surface area contributed by atoms with E-state index in [1.807, 2.05) is 0 Å². The maximum atomic E-state index is 5.18. The van der Waals surface area contributed by atoms with Gasteiger partial charge >= 0.3 is 0 Å². The topological polar surface area (TPSA) is 16.1 Å². The zero-order valence-electron chi connectivity index (χ0n) is 25.9. The lowest BCUT2D eigenvalue weighted by Gasteiger charge is -2.26. The summed E-state index contributed by atoms with van der Waals surface area (Å²) >= 11 is 0. The van der Waals surface area contributed by atoms with Crippen molar-refractivity contribution in [1.82, 2.24) is 4.98 Å². The molecule has 0 aliphatic rings. The van der Waals surface area contributed by atoms with Crippen molar-refractivity contribution >= 4 is 28.0 Å². The Bertz CT molecular complexity index is 2260. The van der Waals surface area contributed by atoms with Gasteiger partial charge in [0.15, 0.2) is 0 Å². The first-order chi connectivity index (χ1) is 23.3. The minimum atomic E-state index is 0.978. The highest BCUT2D eigenvalue weighted by atomic mass is 15.1. The van der Waals surface area contributed by atoms with E-state index in [2.05, 4.69) is 199 Å². The normalized spacial score (nSPS) is 11.0. The zero-order valence-corrected chi connectivity index (χ0v) is 25.9. The van der Waals surface area contributed by atoms with E-state index in [1.165, 1.54) is 22.3 Å². The fraction of sp³-hybridized carbons (Fsp3) is 0. The molecule has 1 heterocycles. The summed E-state index contributed by atoms with van der Waals surface area (Å²) in [4.78, 5) is 7.51. The van der Waals surface area contributed by atoms with Gasteiger partial charge in [0, 0.05) is 33.6 Å². The van der Waals surface area contributed by atoms with Crippen LogP contribution in [-0.4, -0.2) is 4.98 Å². The molecule has 8 rings (SSSR count). The third-order valence-electron chi connectivity index (χ3n) is 8.65. The first-order valence-electron chi connectivity index (χ1n) is 16.0. The average molecular weight is 601 g/mol. The molecule has 0 bridgehead atoms. The van der Waals surface area contributed by atoms with Gasteiger partial charge in [-0.3, -0.25) is 0 Å². The van der Waals surface area contributed by atoms with E-state index in [9.17, 15) is 0 Å². The number of hydrogen-bond acceptors (Lipinski definition) is 2. The van der Waals surface area contributed by atoms with Gasteiger partial charge in [0.2, 0.25) is 0 Å². The third kappa shape index (κ3) is 5.81. The van der Waals surface area contributed by atoms with E-state index in [0.717, 1.165) is 50.3 Å². The molecule has 2 heteroatoms. The van der Waals surface area contributed by atoms with Gasteiger partial charge in [-0.15, -0.1) is 0 Å². The Labute approximate surface area is 275 Å². The Hall–Kier alpha value is -6.25. The second kappa shape index (κ2) is 12.6. The summed E-state index contributed by atoms with van der Waals surface area (Å²) in [6.07, 6.45) is 0. The van der Waals surface area contributed by atoms with Crippen LogP contribution in [0.3, 0.4) is 0 Å². The van der Waals surface area contributed by atoms with Crippen LogP contribution in [0.5, 0.6) is 0 Å². The molecular formula is C45H32N2. The molecule has 2 nitrogen and oxygen atoms in total. The predicted octanol–water partition coefficient (Wildman–Crippen LogP) is 12.4. The predicted molar refractivity (Wildman–Crippen MR) is 198 cm³/mol. The minimum absolute atomic E-state index is 0.978. The van der Waals surface area contributed by atoms with Crippen LogP contribution in [0.4, 0.5) is 17.1 Å². The maximum absolute atomic E-state index is 5.18. The second-order valence-electron chi connectivity index (χ2n) is 11.7. The van der Waals surface area contributed by atoms with Gasteiger partial charge in [0.05, 0.1) is 11.2 Å². The molecule has 222 valence electrons. The Morgan fingerprint density at radius 1 is 0.319 bits per heavy atom. The van der Waals surface area contributed by atoms with Crippen LogP contribution in [0, 0.1) is 0 Å². The second-order valence-corrected chi connectivity index (χ2v) is 11.7. The molecule has 0 atom stereocenters. The van der Waals surface area contributed by atoms with Crippen LogP contribution < -0.4 is 4.90 Å². The van der Waals surface area contributed by atoms with Crippen molar-refractivity contribution in [3.63, 3.8) is 0 Å². The Kier molecular flexibility index (Phi) is 7.59. The number of anilines is 3. The highest BCUT2D eigenvalue weighted by Gasteiger charge is 2.16. The summed E-state index contributed by atoms with van der Waals surface area (Å²) in [5.74, 6) is 0. The molecule has 0 saturated carbocycles. The fourth-order valence-corrected chi connectivity index (χ4v) is 6.28. The summed E-state index contributed by atoms with van der Waals surface area (Å²) < 4.78 is 0. The molecular weight excluding hydrogens is 569 g/mol. The zero-order chi connectivity index (χ0) is 31.4. The third-order valence-corrected chi connectivity index (χ3v) is 8.65. The lowest BCUT2D eigenvalue weighted by Crippen LogP contribution is -2.10. The lowest BCUT2D eigenvalue weighted by atomic mass is 9.97. The lowest BCUT2D eigenvalue weighted by molar-refractivity contribution is 1.28. The van der Waals surface area contributed by atoms with Gasteiger partial charge < -0.3 is 4.90 Å². The molecule has 0 fully saturated rings. The Morgan fingerprint density at radius 3 is 1.45 bits per heavy atom. The van der Waals surface area contributed by atoms with E-state index in [1.54, 1.807) is 0 Å². The number of hydrogen-bond donors (Lipinski definition) is 0. The molecule has 0 N–H and O–H groups in total. The maximum Gasteiger partial charge on any atom is 0.0788 e. The van der Waals surface area contributed by atoms with E-state index >= 15 is 0 Å². The SMILES string of the molecule is c1ccc(-c2ccc(N(c3ccc(-c4nc5ccccc5cc4-c4ccccc4)cc3)c3cccc(-c4ccccc4)c3)cc2)cc1. The van der Waals surface area contributed by atoms with Gasteiger partial charge in [-0.2, -0.15) is 0 Å². The van der Waals surface area contributed by atoms with Gasteiger partial charge in [0.1, 0.15) is 0 Å². The van der Waals surface area contributed by atoms with Crippen LogP contribution in [-0.2, 0) is 0 Å². The monoisotopic (exact) mass is 600 g/mol. The summed E-state index contributed by atoms with van der Waals surface area (Å²) in [5, 5.41) is 1.13. The molecule has 0 saturated heterocycles. The van der Waals surface area contributed by atoms with Gasteiger partial charge in [-0.25, -0.2) is 4.98 Å². The van der Waals surface area contributed by atoms with Gasteiger partial charge in [-0.1, -0.05) is 146 Å². The first kappa shape index (κ1) is 28.2. The van der Waals surface area contributed by atoms with E-state index in [0.29, 0.717) is 0 Å². The van der Waals surface area contributed by atoms with Crippen LogP contribution in [0.25, 0.3) is 55.5 Å². The van der Waals surface area contributed by atoms with E-state index in [-0.39, 0.29) is 0 Å². The standard InChI is InChI=1S/C45H32N2/c1-4-13-33(14-5-1)35-23-27-40(28-24-35)47(42-21-12-20-38(31-42)34-15-6-2-7-16-34)41-29-25-37(26-30-41)45-43(36-17-8-3-9-18-36)32-39-19-10-11-22-44(39)46-45/h1-32H. The summed E-state index contributed by atoms with van der Waals surface area (Å²) in [6, 6.07) is 68.6. The fourth-order valence-electron chi connectivity index (χ4n) is 6.28. The first-order valence-corrected chi connectivity index (χ1v) is 16.0. The molecule has 0 radical (unpaired) electrons. The van der Waals surface area contributed by atoms with Crippen molar-refractivity contribution in [3.05, 3.63) is 194 Å². The van der Waals surface area contributed by atoms with Crippen LogP contribution in [0.15, 0.2) is 194 Å². The molecule has 0 aliphatic heterocycles. The van der Waals surface area contributed by atoms with Crippen molar-refractivity contribution in [2.24, 2.45) is 0 Å². The van der Waals surface area contributed by atoms with Crippen LogP contribution in [0.1, 0.15) is 0 Å². The average Bonchev–Trinajstić information content (AvgIpc) is 3.16. The van der Waals surface area contributed by atoms with Crippen molar-refractivity contribution in [1.29, 1.82) is 0 Å². The Balaban J connectivity index is 1.23. The number of pyridine rings is 1. The van der Waals surface area contributed by atoms with Crippen molar-refractivity contribution < 1.29 is 0 Å². The van der Waals surface area contributed by atoms with E-state index < -0.39 is 0 Å². The van der Waals surface area contributed by atoms with Gasteiger partial charge in [-0.05, 0) is 76.3 Å². The summed E-state index contributed by atoms with van der Waals surface area (Å²) in [7, 11) is 0. The summed E-state index contributed by atoms with van der Waals surface area (Å²) in [6.45, 7) is 0. The van der Waals surface area contributed by atoms with E-state index in [4.69, 9.17) is 4.98 Å². The highest BCUT2D eigenvalue weighted by Crippen LogP contribution is 2.39. The van der Waals surface area contributed by atoms with Crippen LogP contribution in [0.2, 0.25) is 0 Å². The Morgan fingerprint density at radius 2 is 0.809 bits per heavy atom. The van der Waals surface area contributed by atoms with Crippen molar-refractivity contribution in [2.45, 2.75) is 0 Å². The molecule has 0 spiro atoms. The number of benzene rings is 7. The minimum Gasteiger partial charge on any atom is -0.310 e. The molecule has 0 aliphatic carbocycles. The number of fused-ring (bicyclic) bond motifs is 1. The molecule has 47 heavy (non-hydrogen) atoms. The number of nitrogens with zero attached hydrogens (tertiary/aromatic N) is 2. The number of rotatable bonds is 7. The number of para-hydroxylation sites is 1. The quantitative estimate of drug-likeness (QED) is 0.181. The van der Waals surface area contributed by atoms with Gasteiger partial charge in [0.25, 0.3) is 0 Å². The highest BCUT2D eigenvalue weighted by molar-refractivity contribution is 5.92. The summed E-state index contributed by atoms with van der Waals surface area (Å²) in [5.41, 5.74) is 13.4. The molecule has 0 amide bonds. The van der Waals surface area contributed by atoms with Crippen molar-refractivity contribution in [2.75, 3.05) is 4.90 Å². The largest absolute Gasteiger partial charge is 0.310 e.